The second-order valence-electron chi connectivity index (χ2n) is 6.06. The molecule has 2 rings (SSSR count). The van der Waals surface area contributed by atoms with E-state index in [2.05, 4.69) is 0 Å². The van der Waals surface area contributed by atoms with Gasteiger partial charge in [0.25, 0.3) is 0 Å². The Hall–Kier alpha value is -2.70. The van der Waals surface area contributed by atoms with Gasteiger partial charge in [-0.3, -0.25) is 9.59 Å². The van der Waals surface area contributed by atoms with Gasteiger partial charge in [0.15, 0.2) is 0 Å². The van der Waals surface area contributed by atoms with E-state index in [-0.39, 0.29) is 18.8 Å². The molecule has 0 spiro atoms. The molecule has 6 heteroatoms. The van der Waals surface area contributed by atoms with Crippen molar-refractivity contribution in [2.24, 2.45) is 5.92 Å². The van der Waals surface area contributed by atoms with E-state index >= 15 is 0 Å². The van der Waals surface area contributed by atoms with Gasteiger partial charge in [-0.05, 0) is 11.1 Å². The fourth-order valence-corrected chi connectivity index (χ4v) is 2.08. The number of hydrogen-bond acceptors (Lipinski definition) is 4. The highest BCUT2D eigenvalue weighted by Gasteiger charge is 2.24. The van der Waals surface area contributed by atoms with Crippen LogP contribution in [0.25, 0.3) is 0 Å². The molecule has 0 aliphatic heterocycles. The average molecular weight is 390 g/mol. The number of hydrogen-bond donors (Lipinski definition) is 4. The molecule has 2 atom stereocenters. The van der Waals surface area contributed by atoms with Gasteiger partial charge in [0, 0.05) is 18.8 Å². The molecule has 28 heavy (non-hydrogen) atoms. The molecule has 0 heterocycles. The summed E-state index contributed by atoms with van der Waals surface area (Å²) in [7, 11) is 0. The van der Waals surface area contributed by atoms with E-state index in [9.17, 15) is 19.8 Å². The van der Waals surface area contributed by atoms with Crippen molar-refractivity contribution < 1.29 is 30.0 Å². The molecule has 0 aliphatic rings. The first-order chi connectivity index (χ1) is 13.2. The topological polar surface area (TPSA) is 115 Å². The van der Waals surface area contributed by atoms with Crippen molar-refractivity contribution in [3.63, 3.8) is 0 Å². The van der Waals surface area contributed by atoms with E-state index in [4.69, 9.17) is 10.2 Å². The van der Waals surface area contributed by atoms with Crippen LogP contribution < -0.4 is 0 Å². The lowest BCUT2D eigenvalue weighted by molar-refractivity contribution is -0.137. The van der Waals surface area contributed by atoms with Gasteiger partial charge in [-0.2, -0.15) is 0 Å². The molecule has 0 fully saturated rings. The quantitative estimate of drug-likeness (QED) is 0.591. The summed E-state index contributed by atoms with van der Waals surface area (Å²) in [5, 5.41) is 36.0. The van der Waals surface area contributed by atoms with Crippen molar-refractivity contribution in [1.82, 2.24) is 0 Å². The van der Waals surface area contributed by atoms with Crippen molar-refractivity contribution in [3.05, 3.63) is 71.8 Å². The summed E-state index contributed by atoms with van der Waals surface area (Å²) in [4.78, 5) is 18.7. The first-order valence-corrected chi connectivity index (χ1v) is 9.14. The largest absolute Gasteiger partial charge is 0.481 e. The monoisotopic (exact) mass is 390 g/mol. The van der Waals surface area contributed by atoms with Gasteiger partial charge >= 0.3 is 11.9 Å². The normalized spacial score (nSPS) is 12.9. The van der Waals surface area contributed by atoms with Crippen LogP contribution in [0.3, 0.4) is 0 Å². The van der Waals surface area contributed by atoms with E-state index in [1.54, 1.807) is 13.8 Å². The molecule has 0 bridgehead atoms. The third-order valence-electron chi connectivity index (χ3n) is 3.88. The minimum absolute atomic E-state index is 0.222. The molecule has 0 amide bonds. The third kappa shape index (κ3) is 10.4. The summed E-state index contributed by atoms with van der Waals surface area (Å²) in [6, 6.07) is 18.9. The number of carboxylic acids is 2. The van der Waals surface area contributed by atoms with E-state index in [1.165, 1.54) is 0 Å². The number of rotatable bonds is 6. The van der Waals surface area contributed by atoms with Crippen molar-refractivity contribution >= 4 is 11.9 Å². The first kappa shape index (κ1) is 25.3. The Labute approximate surface area is 166 Å². The lowest BCUT2D eigenvalue weighted by atomic mass is 9.89. The van der Waals surface area contributed by atoms with Crippen LogP contribution in [0.2, 0.25) is 0 Å². The minimum atomic E-state index is -0.745. The standard InChI is InChI=1S/C16H18O2.2C3H6O2/c1-12(15(17)13-8-4-2-5-9-13)16(18)14-10-6-3-7-11-14;2*1-2-3(4)5/h2-12,15-18H,1H3;2*2H2,1H3,(H,4,5). The molecule has 2 aromatic rings. The summed E-state index contributed by atoms with van der Waals surface area (Å²) in [5.41, 5.74) is 1.67. The van der Waals surface area contributed by atoms with Gasteiger partial charge < -0.3 is 20.4 Å². The van der Waals surface area contributed by atoms with E-state index < -0.39 is 24.1 Å². The number of benzene rings is 2. The van der Waals surface area contributed by atoms with Gasteiger partial charge in [0.1, 0.15) is 0 Å². The maximum absolute atomic E-state index is 10.3. The molecule has 154 valence electrons. The predicted molar refractivity (Wildman–Crippen MR) is 108 cm³/mol. The Morgan fingerprint density at radius 1 is 0.714 bits per heavy atom. The van der Waals surface area contributed by atoms with Crippen LogP contribution in [0, 0.1) is 5.92 Å². The zero-order valence-electron chi connectivity index (χ0n) is 16.5. The van der Waals surface area contributed by atoms with Crippen LogP contribution in [0.4, 0.5) is 0 Å². The molecular weight excluding hydrogens is 360 g/mol. The summed E-state index contributed by atoms with van der Waals surface area (Å²) < 4.78 is 0. The third-order valence-corrected chi connectivity index (χ3v) is 3.88. The summed E-state index contributed by atoms with van der Waals surface area (Å²) >= 11 is 0. The van der Waals surface area contributed by atoms with Crippen LogP contribution in [-0.2, 0) is 9.59 Å². The summed E-state index contributed by atoms with van der Waals surface area (Å²) in [6.07, 6.45) is -0.886. The van der Waals surface area contributed by atoms with E-state index in [0.717, 1.165) is 11.1 Å². The fourth-order valence-electron chi connectivity index (χ4n) is 2.08. The van der Waals surface area contributed by atoms with Crippen molar-refractivity contribution in [3.8, 4) is 0 Å². The highest BCUT2D eigenvalue weighted by molar-refractivity contribution is 5.66. The maximum Gasteiger partial charge on any atom is 0.303 e. The Morgan fingerprint density at radius 2 is 0.964 bits per heavy atom. The fraction of sp³-hybridized carbons (Fsp3) is 0.364. The van der Waals surface area contributed by atoms with Gasteiger partial charge in [-0.25, -0.2) is 0 Å². The molecule has 0 aromatic heterocycles. The average Bonchev–Trinajstić information content (AvgIpc) is 2.74. The lowest BCUT2D eigenvalue weighted by Gasteiger charge is -2.24. The number of carboxylic acid groups (broad SMARTS) is 2. The number of carbonyl (C=O) groups is 2. The summed E-state index contributed by atoms with van der Waals surface area (Å²) in [5.74, 6) is -1.75. The van der Waals surface area contributed by atoms with E-state index in [0.29, 0.717) is 0 Å². The van der Waals surface area contributed by atoms with Crippen LogP contribution >= 0.6 is 0 Å². The van der Waals surface area contributed by atoms with Crippen molar-refractivity contribution in [1.29, 1.82) is 0 Å². The van der Waals surface area contributed by atoms with Crippen molar-refractivity contribution in [2.75, 3.05) is 0 Å². The number of aliphatic carboxylic acids is 2. The van der Waals surface area contributed by atoms with Crippen molar-refractivity contribution in [2.45, 2.75) is 45.8 Å². The summed E-state index contributed by atoms with van der Waals surface area (Å²) in [6.45, 7) is 5.06. The van der Waals surface area contributed by atoms with Gasteiger partial charge in [0.05, 0.1) is 12.2 Å². The number of aliphatic hydroxyl groups is 2. The van der Waals surface area contributed by atoms with Gasteiger partial charge in [0.2, 0.25) is 0 Å². The molecule has 4 N–H and O–H groups in total. The molecule has 0 radical (unpaired) electrons. The minimum Gasteiger partial charge on any atom is -0.481 e. The smallest absolute Gasteiger partial charge is 0.303 e. The Bertz CT molecular complexity index is 612. The van der Waals surface area contributed by atoms with Crippen LogP contribution in [0.1, 0.15) is 56.9 Å². The molecular formula is C22H30O6. The molecule has 2 unspecified atom stereocenters. The lowest BCUT2D eigenvalue weighted by Crippen LogP contribution is -2.17. The molecule has 6 nitrogen and oxygen atoms in total. The Balaban J connectivity index is 0.000000607. The van der Waals surface area contributed by atoms with Gasteiger partial charge in [-0.1, -0.05) is 81.4 Å². The molecule has 2 aromatic carbocycles. The van der Waals surface area contributed by atoms with E-state index in [1.807, 2.05) is 67.6 Å². The Morgan fingerprint density at radius 3 is 1.18 bits per heavy atom. The molecule has 0 saturated heterocycles. The highest BCUT2D eigenvalue weighted by atomic mass is 16.4. The number of aliphatic hydroxyl groups excluding tert-OH is 2. The second kappa shape index (κ2) is 14.4. The molecule has 0 aliphatic carbocycles. The first-order valence-electron chi connectivity index (χ1n) is 9.14. The second-order valence-corrected chi connectivity index (χ2v) is 6.06. The zero-order valence-corrected chi connectivity index (χ0v) is 16.5. The van der Waals surface area contributed by atoms with Crippen LogP contribution in [0.15, 0.2) is 60.7 Å². The van der Waals surface area contributed by atoms with Crippen LogP contribution in [-0.4, -0.2) is 32.4 Å². The molecule has 0 saturated carbocycles. The van der Waals surface area contributed by atoms with Crippen LogP contribution in [0.5, 0.6) is 0 Å². The van der Waals surface area contributed by atoms with Gasteiger partial charge in [-0.15, -0.1) is 0 Å². The predicted octanol–water partition coefficient (Wildman–Crippen LogP) is 4.05. The maximum atomic E-state index is 10.3. The SMILES string of the molecule is CC(C(O)c1ccccc1)C(O)c1ccccc1.CCC(=O)O.CCC(=O)O. The Kier molecular flexibility index (Phi) is 13.0. The highest BCUT2D eigenvalue weighted by Crippen LogP contribution is 2.32. The zero-order chi connectivity index (χ0) is 21.5.